The van der Waals surface area contributed by atoms with Crippen LogP contribution in [0.4, 0.5) is 10.1 Å². The number of nitrogens with zero attached hydrogens (tertiary/aromatic N) is 2. The zero-order chi connectivity index (χ0) is 14.9. The molecule has 4 rings (SSSR count). The molecule has 2 N–H and O–H groups in total. The van der Waals surface area contributed by atoms with E-state index >= 15 is 0 Å². The second-order valence-electron chi connectivity index (χ2n) is 5.62. The molecule has 2 aromatic rings. The van der Waals surface area contributed by atoms with Crippen molar-refractivity contribution in [3.8, 4) is 0 Å². The lowest BCUT2D eigenvalue weighted by Crippen LogP contribution is -2.36. The van der Waals surface area contributed by atoms with E-state index in [-0.39, 0.29) is 11.9 Å². The van der Waals surface area contributed by atoms with Gasteiger partial charge in [-0.05, 0) is 6.07 Å². The van der Waals surface area contributed by atoms with Crippen molar-refractivity contribution in [2.45, 2.75) is 6.04 Å². The molecular formula is C15H19FN4O2. The summed E-state index contributed by atoms with van der Waals surface area (Å²) < 4.78 is 25.2. The lowest BCUT2D eigenvalue weighted by Gasteiger charge is -2.29. The lowest BCUT2D eigenvalue weighted by atomic mass is 10.2. The Bertz CT molecular complexity index is 663. The van der Waals surface area contributed by atoms with Crippen LogP contribution in [-0.4, -0.2) is 56.0 Å². The summed E-state index contributed by atoms with van der Waals surface area (Å²) in [5.74, 6) is 0.575. The fraction of sp³-hybridized carbons (Fsp3) is 0.533. The highest BCUT2D eigenvalue weighted by Gasteiger charge is 2.21. The van der Waals surface area contributed by atoms with Gasteiger partial charge in [0.15, 0.2) is 0 Å². The SMILES string of the molecule is Fc1cc2[nH]c(C3COCCN3)nc2cc1N1CCOCC1. The fourth-order valence-corrected chi connectivity index (χ4v) is 2.99. The summed E-state index contributed by atoms with van der Waals surface area (Å²) in [4.78, 5) is 9.82. The molecule has 0 amide bonds. The molecule has 6 nitrogen and oxygen atoms in total. The Balaban J connectivity index is 1.67. The minimum Gasteiger partial charge on any atom is -0.378 e. The van der Waals surface area contributed by atoms with Gasteiger partial charge in [-0.3, -0.25) is 0 Å². The highest BCUT2D eigenvalue weighted by molar-refractivity contribution is 5.80. The number of hydrogen-bond acceptors (Lipinski definition) is 5. The summed E-state index contributed by atoms with van der Waals surface area (Å²) in [7, 11) is 0. The maximum Gasteiger partial charge on any atom is 0.148 e. The van der Waals surface area contributed by atoms with Crippen LogP contribution < -0.4 is 10.2 Å². The van der Waals surface area contributed by atoms with E-state index in [2.05, 4.69) is 15.3 Å². The summed E-state index contributed by atoms with van der Waals surface area (Å²) in [5, 5.41) is 3.35. The number of nitrogens with one attached hydrogen (secondary N) is 2. The Morgan fingerprint density at radius 2 is 2.05 bits per heavy atom. The predicted octanol–water partition coefficient (Wildman–Crippen LogP) is 1.20. The van der Waals surface area contributed by atoms with Crippen molar-refractivity contribution in [3.05, 3.63) is 23.8 Å². The molecule has 0 bridgehead atoms. The molecule has 1 aromatic heterocycles. The molecule has 1 atom stereocenters. The number of benzene rings is 1. The van der Waals surface area contributed by atoms with Crippen LogP contribution >= 0.6 is 0 Å². The van der Waals surface area contributed by atoms with E-state index in [1.165, 1.54) is 6.07 Å². The van der Waals surface area contributed by atoms with Gasteiger partial charge in [0.25, 0.3) is 0 Å². The first kappa shape index (κ1) is 13.9. The van der Waals surface area contributed by atoms with Crippen molar-refractivity contribution < 1.29 is 13.9 Å². The number of morpholine rings is 2. The van der Waals surface area contributed by atoms with E-state index in [0.717, 1.165) is 23.4 Å². The average Bonchev–Trinajstić information content (AvgIpc) is 2.98. The molecule has 118 valence electrons. The maximum absolute atomic E-state index is 14.4. The zero-order valence-electron chi connectivity index (χ0n) is 12.3. The molecule has 2 aliphatic rings. The number of aromatic nitrogens is 2. The number of H-pyrrole nitrogens is 1. The molecule has 0 saturated carbocycles. The molecule has 2 fully saturated rings. The van der Waals surface area contributed by atoms with Crippen molar-refractivity contribution in [1.29, 1.82) is 0 Å². The van der Waals surface area contributed by atoms with Crippen LogP contribution in [0.2, 0.25) is 0 Å². The molecule has 22 heavy (non-hydrogen) atoms. The van der Waals surface area contributed by atoms with Crippen LogP contribution in [0.5, 0.6) is 0 Å². The van der Waals surface area contributed by atoms with Crippen LogP contribution in [0.25, 0.3) is 11.0 Å². The number of fused-ring (bicyclic) bond motifs is 1. The monoisotopic (exact) mass is 306 g/mol. The molecule has 0 spiro atoms. The molecule has 2 saturated heterocycles. The van der Waals surface area contributed by atoms with Gasteiger partial charge < -0.3 is 24.7 Å². The van der Waals surface area contributed by atoms with Crippen molar-refractivity contribution >= 4 is 16.7 Å². The molecule has 1 unspecified atom stereocenters. The van der Waals surface area contributed by atoms with Gasteiger partial charge in [-0.1, -0.05) is 0 Å². The summed E-state index contributed by atoms with van der Waals surface area (Å²) in [6.07, 6.45) is 0. The Labute approximate surface area is 127 Å². The van der Waals surface area contributed by atoms with E-state index in [0.29, 0.717) is 45.2 Å². The van der Waals surface area contributed by atoms with Crippen LogP contribution in [-0.2, 0) is 9.47 Å². The number of hydrogen-bond donors (Lipinski definition) is 2. The number of rotatable bonds is 2. The Morgan fingerprint density at radius 3 is 2.82 bits per heavy atom. The standard InChI is InChI=1S/C15H19FN4O2/c16-10-7-11-12(8-14(10)20-2-5-21-6-3-20)19-15(18-11)13-9-22-4-1-17-13/h7-8,13,17H,1-6,9H2,(H,18,19). The second-order valence-corrected chi connectivity index (χ2v) is 5.62. The number of ether oxygens (including phenoxy) is 2. The molecule has 2 aliphatic heterocycles. The van der Waals surface area contributed by atoms with Gasteiger partial charge in [-0.2, -0.15) is 0 Å². The van der Waals surface area contributed by atoms with Crippen LogP contribution in [0.1, 0.15) is 11.9 Å². The molecular weight excluding hydrogens is 287 g/mol. The first-order valence-electron chi connectivity index (χ1n) is 7.64. The van der Waals surface area contributed by atoms with E-state index in [1.807, 2.05) is 11.0 Å². The zero-order valence-corrected chi connectivity index (χ0v) is 12.3. The van der Waals surface area contributed by atoms with Crippen LogP contribution in [0, 0.1) is 5.82 Å². The van der Waals surface area contributed by atoms with Gasteiger partial charge in [-0.25, -0.2) is 9.37 Å². The highest BCUT2D eigenvalue weighted by Crippen LogP contribution is 2.27. The van der Waals surface area contributed by atoms with Gasteiger partial charge in [0.2, 0.25) is 0 Å². The summed E-state index contributed by atoms with van der Waals surface area (Å²) in [6.45, 7) is 4.77. The smallest absolute Gasteiger partial charge is 0.148 e. The summed E-state index contributed by atoms with van der Waals surface area (Å²) >= 11 is 0. The Hall–Kier alpha value is -1.70. The van der Waals surface area contributed by atoms with Gasteiger partial charge in [0, 0.05) is 25.7 Å². The minimum atomic E-state index is -0.225. The maximum atomic E-state index is 14.4. The third-order valence-electron chi connectivity index (χ3n) is 4.17. The van der Waals surface area contributed by atoms with E-state index in [9.17, 15) is 4.39 Å². The average molecular weight is 306 g/mol. The number of anilines is 1. The first-order valence-corrected chi connectivity index (χ1v) is 7.64. The summed E-state index contributed by atoms with van der Waals surface area (Å²) in [5.41, 5.74) is 2.10. The third-order valence-corrected chi connectivity index (χ3v) is 4.17. The molecule has 1 aromatic carbocycles. The van der Waals surface area contributed by atoms with Gasteiger partial charge >= 0.3 is 0 Å². The molecule has 7 heteroatoms. The van der Waals surface area contributed by atoms with Crippen molar-refractivity contribution in [2.24, 2.45) is 0 Å². The van der Waals surface area contributed by atoms with E-state index in [1.54, 1.807) is 0 Å². The largest absolute Gasteiger partial charge is 0.378 e. The Morgan fingerprint density at radius 1 is 1.18 bits per heavy atom. The molecule has 0 radical (unpaired) electrons. The van der Waals surface area contributed by atoms with Crippen molar-refractivity contribution in [2.75, 3.05) is 51.0 Å². The normalized spacial score (nSPS) is 23.1. The fourth-order valence-electron chi connectivity index (χ4n) is 2.99. The van der Waals surface area contributed by atoms with Crippen molar-refractivity contribution in [1.82, 2.24) is 15.3 Å². The highest BCUT2D eigenvalue weighted by atomic mass is 19.1. The van der Waals surface area contributed by atoms with Gasteiger partial charge in [0.05, 0.1) is 49.2 Å². The second kappa shape index (κ2) is 5.83. The lowest BCUT2D eigenvalue weighted by molar-refractivity contribution is 0.0746. The van der Waals surface area contributed by atoms with Gasteiger partial charge in [-0.15, -0.1) is 0 Å². The Kier molecular flexibility index (Phi) is 3.69. The number of halogens is 1. The van der Waals surface area contributed by atoms with Crippen LogP contribution in [0.3, 0.4) is 0 Å². The predicted molar refractivity (Wildman–Crippen MR) is 80.6 cm³/mol. The topological polar surface area (TPSA) is 62.4 Å². The van der Waals surface area contributed by atoms with Crippen molar-refractivity contribution in [3.63, 3.8) is 0 Å². The number of imidazole rings is 1. The molecule has 3 heterocycles. The van der Waals surface area contributed by atoms with Crippen LogP contribution in [0.15, 0.2) is 12.1 Å². The minimum absolute atomic E-state index is 0.0380. The number of aromatic amines is 1. The third kappa shape index (κ3) is 2.55. The quantitative estimate of drug-likeness (QED) is 0.873. The van der Waals surface area contributed by atoms with E-state index < -0.39 is 0 Å². The molecule has 0 aliphatic carbocycles. The van der Waals surface area contributed by atoms with Gasteiger partial charge in [0.1, 0.15) is 11.6 Å². The van der Waals surface area contributed by atoms with E-state index in [4.69, 9.17) is 9.47 Å². The summed E-state index contributed by atoms with van der Waals surface area (Å²) in [6, 6.07) is 3.39. The first-order chi connectivity index (χ1) is 10.8.